The Labute approximate surface area is 65.1 Å². The monoisotopic (exact) mass is 241 g/mol. The highest BCUT2D eigenvalue weighted by molar-refractivity contribution is 14.1. The number of carbonyl (C=O) groups excluding carboxylic acids is 2. The molecule has 0 spiro atoms. The van der Waals surface area contributed by atoms with Crippen LogP contribution in [-0.4, -0.2) is 22.5 Å². The maximum atomic E-state index is 10.6. The number of nitrogens with one attached hydrogen (secondary N) is 1. The minimum absolute atomic E-state index is 0.339. The average Bonchev–Trinajstić information content (AvgIpc) is 2.10. The summed E-state index contributed by atoms with van der Waals surface area (Å²) in [4.78, 5) is 20.8. The zero-order chi connectivity index (χ0) is 6.85. The van der Waals surface area contributed by atoms with E-state index in [-0.39, 0.29) is 5.91 Å². The molecule has 1 saturated heterocycles. The van der Waals surface area contributed by atoms with E-state index in [2.05, 4.69) is 4.74 Å². The fraction of sp³-hybridized carbons (Fsp3) is 0.500. The third-order valence-electron chi connectivity index (χ3n) is 0.907. The van der Waals surface area contributed by atoms with E-state index in [0.29, 0.717) is 4.43 Å². The van der Waals surface area contributed by atoms with Crippen molar-refractivity contribution in [3.8, 4) is 0 Å². The summed E-state index contributed by atoms with van der Waals surface area (Å²) in [6, 6.07) is 0. The van der Waals surface area contributed by atoms with Gasteiger partial charge in [0.25, 0.3) is 5.91 Å². The number of ether oxygens (including phenoxy) is 1. The van der Waals surface area contributed by atoms with Crippen molar-refractivity contribution < 1.29 is 14.3 Å². The average molecular weight is 241 g/mol. The van der Waals surface area contributed by atoms with E-state index in [1.807, 2.05) is 27.9 Å². The maximum Gasteiger partial charge on any atom is 0.414 e. The van der Waals surface area contributed by atoms with Gasteiger partial charge in [0, 0.05) is 4.43 Å². The Morgan fingerprint density at radius 2 is 2.33 bits per heavy atom. The largest absolute Gasteiger partial charge is 0.435 e. The second-order valence-corrected chi connectivity index (χ2v) is 2.42. The van der Waals surface area contributed by atoms with Crippen LogP contribution in [0.5, 0.6) is 0 Å². The van der Waals surface area contributed by atoms with Crippen molar-refractivity contribution in [1.29, 1.82) is 0 Å². The van der Waals surface area contributed by atoms with Gasteiger partial charge in [-0.2, -0.15) is 0 Å². The Hall–Kier alpha value is -0.330. The summed E-state index contributed by atoms with van der Waals surface area (Å²) >= 11 is 1.98. The summed E-state index contributed by atoms with van der Waals surface area (Å²) in [5.74, 6) is -0.339. The summed E-state index contributed by atoms with van der Waals surface area (Å²) in [6.07, 6.45) is -1.21. The predicted octanol–water partition coefficient (Wildman–Crippen LogP) is 0.0564. The van der Waals surface area contributed by atoms with Gasteiger partial charge in [-0.1, -0.05) is 22.6 Å². The van der Waals surface area contributed by atoms with Gasteiger partial charge in [-0.05, 0) is 0 Å². The first kappa shape index (κ1) is 6.79. The molecule has 0 bridgehead atoms. The van der Waals surface area contributed by atoms with E-state index in [0.717, 1.165) is 0 Å². The third-order valence-corrected chi connectivity index (χ3v) is 1.71. The number of cyclic esters (lactones) is 1. The molecular formula is C4H4INO3. The molecule has 0 saturated carbocycles. The molecule has 1 atom stereocenters. The fourth-order valence-corrected chi connectivity index (χ4v) is 1.07. The van der Waals surface area contributed by atoms with E-state index in [1.165, 1.54) is 0 Å². The normalized spacial score (nSPS) is 25.7. The molecule has 1 fully saturated rings. The van der Waals surface area contributed by atoms with Gasteiger partial charge in [-0.15, -0.1) is 0 Å². The lowest BCUT2D eigenvalue weighted by Crippen LogP contribution is -2.25. The number of alkyl carbamates (subject to hydrolysis) is 1. The van der Waals surface area contributed by atoms with Crippen LogP contribution in [-0.2, 0) is 9.53 Å². The van der Waals surface area contributed by atoms with Crippen molar-refractivity contribution >= 4 is 34.6 Å². The van der Waals surface area contributed by atoms with Crippen molar-refractivity contribution in [2.24, 2.45) is 0 Å². The molecule has 1 unspecified atom stereocenters. The van der Waals surface area contributed by atoms with Crippen LogP contribution < -0.4 is 5.32 Å². The lowest BCUT2D eigenvalue weighted by molar-refractivity contribution is -0.122. The number of imide groups is 1. The van der Waals surface area contributed by atoms with Crippen molar-refractivity contribution in [3.05, 3.63) is 0 Å². The van der Waals surface area contributed by atoms with Crippen LogP contribution in [0.4, 0.5) is 4.79 Å². The standard InChI is InChI=1S/C4H4INO3/c5-1-2-3(7)6-4(8)9-2/h2H,1H2,(H,6,7,8). The number of hydrogen-bond acceptors (Lipinski definition) is 3. The van der Waals surface area contributed by atoms with E-state index in [1.54, 1.807) is 0 Å². The van der Waals surface area contributed by atoms with E-state index in [9.17, 15) is 9.59 Å². The van der Waals surface area contributed by atoms with Gasteiger partial charge in [0.1, 0.15) is 0 Å². The van der Waals surface area contributed by atoms with Gasteiger partial charge in [-0.3, -0.25) is 10.1 Å². The molecule has 0 aromatic heterocycles. The second kappa shape index (κ2) is 2.51. The molecule has 1 N–H and O–H groups in total. The van der Waals surface area contributed by atoms with Crippen molar-refractivity contribution in [1.82, 2.24) is 5.32 Å². The van der Waals surface area contributed by atoms with Crippen LogP contribution in [0.25, 0.3) is 0 Å². The molecule has 0 radical (unpaired) electrons. The van der Waals surface area contributed by atoms with Crippen LogP contribution >= 0.6 is 22.6 Å². The van der Waals surface area contributed by atoms with Crippen molar-refractivity contribution in [2.75, 3.05) is 4.43 Å². The lowest BCUT2D eigenvalue weighted by atomic mass is 10.4. The number of carbonyl (C=O) groups is 2. The molecule has 2 amide bonds. The first-order chi connectivity index (χ1) is 4.24. The molecule has 9 heavy (non-hydrogen) atoms. The summed E-state index contributed by atoms with van der Waals surface area (Å²) in [6.45, 7) is 0. The minimum Gasteiger partial charge on any atom is -0.435 e. The Kier molecular flexibility index (Phi) is 1.89. The molecule has 0 aromatic carbocycles. The lowest BCUT2D eigenvalue weighted by Gasteiger charge is -1.96. The molecule has 0 aromatic rings. The van der Waals surface area contributed by atoms with Gasteiger partial charge < -0.3 is 4.74 Å². The molecule has 5 heteroatoms. The molecule has 50 valence electrons. The van der Waals surface area contributed by atoms with Crippen LogP contribution in [0.1, 0.15) is 0 Å². The number of amides is 2. The predicted molar refractivity (Wildman–Crippen MR) is 37.3 cm³/mol. The Bertz CT molecular complexity index is 158. The highest BCUT2D eigenvalue weighted by atomic mass is 127. The number of hydrogen-bond donors (Lipinski definition) is 1. The summed E-state index contributed by atoms with van der Waals surface area (Å²) in [5, 5.41) is 2.01. The molecule has 1 rings (SSSR count). The molecule has 4 nitrogen and oxygen atoms in total. The Balaban J connectivity index is 2.58. The zero-order valence-electron chi connectivity index (χ0n) is 4.39. The van der Waals surface area contributed by atoms with Gasteiger partial charge >= 0.3 is 6.09 Å². The van der Waals surface area contributed by atoms with Crippen molar-refractivity contribution in [2.45, 2.75) is 6.10 Å². The van der Waals surface area contributed by atoms with Gasteiger partial charge in [0.05, 0.1) is 0 Å². The third kappa shape index (κ3) is 1.32. The summed E-state index contributed by atoms with van der Waals surface area (Å²) in [5.41, 5.74) is 0. The highest BCUT2D eigenvalue weighted by Gasteiger charge is 2.30. The van der Waals surface area contributed by atoms with Gasteiger partial charge in [0.2, 0.25) is 0 Å². The minimum atomic E-state index is -0.637. The molecule has 0 aliphatic carbocycles. The first-order valence-electron chi connectivity index (χ1n) is 2.31. The fourth-order valence-electron chi connectivity index (χ4n) is 0.495. The van der Waals surface area contributed by atoms with Crippen LogP contribution in [0, 0.1) is 0 Å². The van der Waals surface area contributed by atoms with Gasteiger partial charge in [-0.25, -0.2) is 4.79 Å². The van der Waals surface area contributed by atoms with Crippen LogP contribution in [0.15, 0.2) is 0 Å². The van der Waals surface area contributed by atoms with Crippen LogP contribution in [0.2, 0.25) is 0 Å². The van der Waals surface area contributed by atoms with E-state index in [4.69, 9.17) is 0 Å². The first-order valence-corrected chi connectivity index (χ1v) is 3.84. The van der Waals surface area contributed by atoms with Crippen molar-refractivity contribution in [3.63, 3.8) is 0 Å². The topological polar surface area (TPSA) is 55.4 Å². The summed E-state index contributed by atoms with van der Waals surface area (Å²) < 4.78 is 5.02. The summed E-state index contributed by atoms with van der Waals surface area (Å²) in [7, 11) is 0. The molecule has 1 heterocycles. The van der Waals surface area contributed by atoms with E-state index >= 15 is 0 Å². The van der Waals surface area contributed by atoms with Gasteiger partial charge in [0.15, 0.2) is 6.10 Å². The maximum absolute atomic E-state index is 10.6. The highest BCUT2D eigenvalue weighted by Crippen LogP contribution is 2.04. The number of halogens is 1. The quantitative estimate of drug-likeness (QED) is 0.521. The molecule has 1 aliphatic heterocycles. The van der Waals surface area contributed by atoms with Crippen LogP contribution in [0.3, 0.4) is 0 Å². The Morgan fingerprint density at radius 3 is 2.56 bits per heavy atom. The Morgan fingerprint density at radius 1 is 1.67 bits per heavy atom. The molecular weight excluding hydrogens is 237 g/mol. The number of rotatable bonds is 1. The molecule has 1 aliphatic rings. The number of alkyl halides is 1. The van der Waals surface area contributed by atoms with E-state index < -0.39 is 12.2 Å². The zero-order valence-corrected chi connectivity index (χ0v) is 6.54. The SMILES string of the molecule is O=C1NC(=O)C(CI)O1. The smallest absolute Gasteiger partial charge is 0.414 e. The second-order valence-electron chi connectivity index (χ2n) is 1.54.